The number of amides is 5. The normalized spacial score (nSPS) is 13.3. The van der Waals surface area contributed by atoms with Gasteiger partial charge in [-0.2, -0.15) is 0 Å². The Balaban J connectivity index is 0.000000248. The highest BCUT2D eigenvalue weighted by Crippen LogP contribution is 2.39. The van der Waals surface area contributed by atoms with Crippen LogP contribution in [0.1, 0.15) is 124 Å². The van der Waals surface area contributed by atoms with Crippen LogP contribution in [0.25, 0.3) is 0 Å². The number of nitrogens with two attached hydrogens (primary N) is 2. The maximum atomic E-state index is 13.2. The first-order valence-electron chi connectivity index (χ1n) is 37.8. The van der Waals surface area contributed by atoms with Gasteiger partial charge in [0.15, 0.2) is 5.78 Å². The monoisotopic (exact) mass is 2090 g/mol. The topological polar surface area (TPSA) is 701 Å². The highest BCUT2D eigenvalue weighted by Gasteiger charge is 2.52. The second-order valence-electron chi connectivity index (χ2n) is 27.2. The van der Waals surface area contributed by atoms with Gasteiger partial charge in [-0.15, -0.1) is 0 Å². The number of carbonyl (C=O) groups is 12. The first-order chi connectivity index (χ1) is 63.1. The molecular formula is C78H83Br2Cl5N22O27. The number of nitrogen functional groups attached to an aromatic ring is 1. The number of anilines is 7. The Bertz CT molecular complexity index is 5980. The van der Waals surface area contributed by atoms with Crippen LogP contribution < -0.4 is 76.5 Å². The molecule has 4 aliphatic heterocycles. The SMILES string of the molecule is C.COC(=O)CC(=O)CC(=O)OC.COC(=O)CC1(CC(=O)OC)NC(=O)c2c(Cl)cc(Br)c(=O)n21.COC(=O)CC1(CC(=O)OC)NC(=O)c2c(Cl)cc(Nc3ccncn3)c(=O)n21.NC(=O)c1[nH]c(=O)c(Br)cc1Cl.Nc1ccncn1.O=C1NC(CCO)(CCO)n2c1c(Cl)cc(Nc1ccncn1)c2=O.O=C1NC(CCO)(CCO)n2c1c(Cl)cc(Nc1ccncn1)c2=O. The standard InChI is InChI=1S/C17H16ClN5O6.2C15H16ClN5O4.C13H12BrClN2O6.C7H10O5.C6H4BrClN2O2.C4H5N3.CH4/c1-28-12(24)6-17(7-13(25)29-2)22-15(26)14-9(18)5-10(16(27)23(14)17)21-11-3-4-19-8-20-11;2*16-9-7-10(19-11-1-4-17-8-18-11)14(25)21-12(9)13(24)20-15(21,2-5-22)3-6-23;1-22-8(18)4-13(5-9(19)23-2)16-11(20)10-7(15)3-6(14)12(21)17(10)13;1-11-6(9)3-5(8)4-7(10)12-2;7-2-1-3(8)4(5(9)11)10-6(2)12;5-4-1-2-6-3-7-4;/h3-5,8H,6-7H2,1-2H3,(H,22,26)(H,19,20,21);2*1,4,7-8,22-23H,2-3,5-6H2,(H,20,24)(H,17,18,19);3H,4-5H2,1-2H3,(H,16,20);3-4H2,1-2H3;1H,(H2,9,11)(H,10,12);1-3H,(H2,5,6,7);1H4. The number of halogens is 7. The number of pyridine rings is 5. The average Bonchev–Trinajstić information content (AvgIpc) is 1.61. The molecule has 0 bridgehead atoms. The third kappa shape index (κ3) is 26.9. The van der Waals surface area contributed by atoms with Crippen LogP contribution in [0.5, 0.6) is 0 Å². The van der Waals surface area contributed by atoms with E-state index in [1.165, 1.54) is 104 Å². The number of Topliss-reactive ketones (excluding diaryl/α,β-unsaturated/α-hetero) is 1. The number of methoxy groups -OCH3 is 6. The zero-order valence-electron chi connectivity index (χ0n) is 70.1. The van der Waals surface area contributed by atoms with Gasteiger partial charge in [0, 0.05) is 76.9 Å². The molecule has 0 unspecified atom stereocenters. The van der Waals surface area contributed by atoms with E-state index >= 15 is 0 Å². The van der Waals surface area contributed by atoms with Crippen LogP contribution in [-0.2, 0) is 84.6 Å². The number of rotatable bonds is 27. The van der Waals surface area contributed by atoms with Crippen molar-refractivity contribution in [3.05, 3.63) is 219 Å². The van der Waals surface area contributed by atoms with E-state index in [2.05, 4.69) is 142 Å². The molecule has 5 amide bonds. The van der Waals surface area contributed by atoms with Crippen molar-refractivity contribution in [2.24, 2.45) is 5.73 Å². The number of nitrogens with one attached hydrogen (secondary N) is 8. The third-order valence-electron chi connectivity index (χ3n) is 18.8. The number of ketones is 1. The van der Waals surface area contributed by atoms with Crippen LogP contribution in [0, 0.1) is 0 Å². The molecule has 4 aliphatic rings. The fraction of sp³-hybridized carbons (Fsp3) is 0.321. The summed E-state index contributed by atoms with van der Waals surface area (Å²) in [6, 6.07) is 12.9. The summed E-state index contributed by atoms with van der Waals surface area (Å²) >= 11 is 36.3. The van der Waals surface area contributed by atoms with E-state index in [1.54, 1.807) is 24.4 Å². The smallest absolute Gasteiger partial charge is 0.313 e. The third-order valence-corrected chi connectivity index (χ3v) is 21.4. The van der Waals surface area contributed by atoms with E-state index in [-0.39, 0.29) is 152 Å². The number of aliphatic hydroxyl groups is 4. The number of aromatic nitrogens is 13. The van der Waals surface area contributed by atoms with Gasteiger partial charge >= 0.3 is 35.8 Å². The fourth-order valence-corrected chi connectivity index (χ4v) is 15.3. The Labute approximate surface area is 796 Å². The zero-order chi connectivity index (χ0) is 98.6. The number of aromatic amines is 1. The van der Waals surface area contributed by atoms with Crippen molar-refractivity contribution in [3.63, 3.8) is 0 Å². The highest BCUT2D eigenvalue weighted by atomic mass is 79.9. The maximum Gasteiger partial charge on any atom is 0.313 e. The Hall–Kier alpha value is -13.6. The van der Waals surface area contributed by atoms with Gasteiger partial charge in [0.2, 0.25) is 0 Å². The molecular weight excluding hydrogens is 2010 g/mol. The lowest BCUT2D eigenvalue weighted by Gasteiger charge is -2.30. The first kappa shape index (κ1) is 109. The van der Waals surface area contributed by atoms with Gasteiger partial charge < -0.3 is 103 Å². The minimum absolute atomic E-state index is 0. The molecule has 0 radical (unpaired) electrons. The minimum Gasteiger partial charge on any atom is -0.469 e. The molecule has 13 heterocycles. The van der Waals surface area contributed by atoms with Gasteiger partial charge in [0.1, 0.15) is 130 Å². The van der Waals surface area contributed by atoms with E-state index in [0.717, 1.165) is 37.6 Å². The number of hydrogen-bond donors (Lipinski definition) is 14. The average molecular weight is 2100 g/mol. The lowest BCUT2D eigenvalue weighted by molar-refractivity contribution is -0.149. The van der Waals surface area contributed by atoms with Gasteiger partial charge in [0.05, 0.1) is 102 Å². The summed E-state index contributed by atoms with van der Waals surface area (Å²) in [6.45, 7) is -1.14. The summed E-state index contributed by atoms with van der Waals surface area (Å²) < 4.78 is 31.7. The summed E-state index contributed by atoms with van der Waals surface area (Å²) in [6.07, 6.45) is 8.99. The lowest BCUT2D eigenvalue weighted by Crippen LogP contribution is -2.50. The summed E-state index contributed by atoms with van der Waals surface area (Å²) in [4.78, 5) is 235. The van der Waals surface area contributed by atoms with Crippen LogP contribution in [0.15, 0.2) is 138 Å². The molecule has 0 saturated heterocycles. The molecule has 0 aliphatic carbocycles. The van der Waals surface area contributed by atoms with Crippen LogP contribution >= 0.6 is 89.9 Å². The predicted molar refractivity (Wildman–Crippen MR) is 481 cm³/mol. The summed E-state index contributed by atoms with van der Waals surface area (Å²) in [5.74, 6) is -6.37. The number of nitrogens with zero attached hydrogens (tertiary/aromatic N) is 12. The van der Waals surface area contributed by atoms with Gasteiger partial charge in [-0.05, 0) is 86.5 Å². The Morgan fingerprint density at radius 2 is 0.679 bits per heavy atom. The second kappa shape index (κ2) is 49.7. The van der Waals surface area contributed by atoms with Crippen molar-refractivity contribution in [1.82, 2.24) is 84.4 Å². The van der Waals surface area contributed by atoms with Crippen molar-refractivity contribution in [2.45, 2.75) is 94.3 Å². The Kier molecular flexibility index (Phi) is 40.5. The van der Waals surface area contributed by atoms with Crippen LogP contribution in [0.3, 0.4) is 0 Å². The van der Waals surface area contributed by atoms with Gasteiger partial charge in [-0.25, -0.2) is 39.9 Å². The number of fused-ring (bicyclic) bond motifs is 4. The van der Waals surface area contributed by atoms with E-state index < -0.39 is 147 Å². The first-order valence-corrected chi connectivity index (χ1v) is 41.2. The maximum absolute atomic E-state index is 13.2. The largest absolute Gasteiger partial charge is 0.469 e. The fourth-order valence-electron chi connectivity index (χ4n) is 12.9. The molecule has 13 rings (SSSR count). The molecule has 134 heavy (non-hydrogen) atoms. The quantitative estimate of drug-likeness (QED) is 0.0200. The Morgan fingerprint density at radius 3 is 0.940 bits per heavy atom. The molecule has 16 N–H and O–H groups in total. The molecule has 9 aromatic rings. The Morgan fingerprint density at radius 1 is 0.403 bits per heavy atom. The van der Waals surface area contributed by atoms with Crippen molar-refractivity contribution in [1.29, 1.82) is 0 Å². The van der Waals surface area contributed by atoms with Crippen LogP contribution in [0.4, 0.5) is 40.3 Å². The molecule has 49 nitrogen and oxygen atoms in total. The molecule has 0 atom stereocenters. The van der Waals surface area contributed by atoms with Gasteiger partial charge in [0.25, 0.3) is 57.3 Å². The second-order valence-corrected chi connectivity index (χ2v) is 31.0. The molecule has 0 saturated carbocycles. The minimum atomic E-state index is -1.74. The predicted octanol–water partition coefficient (Wildman–Crippen LogP) is 3.00. The zero-order valence-corrected chi connectivity index (χ0v) is 77.0. The molecule has 0 aromatic carbocycles. The molecule has 0 spiro atoms. The van der Waals surface area contributed by atoms with Crippen LogP contribution in [-0.4, -0.2) is 224 Å². The number of esters is 6. The van der Waals surface area contributed by atoms with E-state index in [0.29, 0.717) is 23.3 Å². The number of H-pyrrole nitrogens is 1. The van der Waals surface area contributed by atoms with Crippen LogP contribution in [0.2, 0.25) is 25.1 Å². The van der Waals surface area contributed by atoms with Crippen molar-refractivity contribution in [3.8, 4) is 0 Å². The number of ether oxygens (including phenoxy) is 6. The lowest BCUT2D eigenvalue weighted by atomic mass is 10.0. The van der Waals surface area contributed by atoms with Gasteiger partial charge in [-0.3, -0.25) is 99.8 Å². The van der Waals surface area contributed by atoms with E-state index in [9.17, 15) is 102 Å². The van der Waals surface area contributed by atoms with E-state index in [1.807, 2.05) is 0 Å². The number of hydrogen-bond acceptors (Lipinski definition) is 39. The molecule has 0 fully saturated rings. The molecule has 716 valence electrons. The summed E-state index contributed by atoms with van der Waals surface area (Å²) in [5, 5.41) is 56.6. The number of carbonyl (C=O) groups excluding carboxylic acids is 12. The highest BCUT2D eigenvalue weighted by molar-refractivity contribution is 9.10. The molecule has 9 aromatic heterocycles. The van der Waals surface area contributed by atoms with E-state index in [4.69, 9.17) is 69.5 Å². The van der Waals surface area contributed by atoms with Crippen molar-refractivity contribution < 1.29 is 106 Å². The number of primary amides is 1. The van der Waals surface area contributed by atoms with Crippen molar-refractivity contribution in [2.75, 3.05) is 90.8 Å². The van der Waals surface area contributed by atoms with Gasteiger partial charge in [-0.1, -0.05) is 65.4 Å². The number of aliphatic hydroxyl groups excluding tert-OH is 4. The molecule has 56 heteroatoms. The summed E-state index contributed by atoms with van der Waals surface area (Å²) in [7, 11) is 6.95. The van der Waals surface area contributed by atoms with Crippen molar-refractivity contribution >= 4 is 201 Å². The summed E-state index contributed by atoms with van der Waals surface area (Å²) in [5.41, 5.74) is 1.31.